The molecule has 0 aliphatic carbocycles. The minimum absolute atomic E-state index is 0.165. The van der Waals surface area contributed by atoms with E-state index in [1.165, 1.54) is 5.56 Å². The summed E-state index contributed by atoms with van der Waals surface area (Å²) in [7, 11) is 0. The summed E-state index contributed by atoms with van der Waals surface area (Å²) in [6.45, 7) is 6.53. The lowest BCUT2D eigenvalue weighted by Gasteiger charge is -2.25. The molecule has 0 saturated carbocycles. The van der Waals surface area contributed by atoms with E-state index in [1.54, 1.807) is 6.92 Å². The Morgan fingerprint density at radius 2 is 1.64 bits per heavy atom. The molecule has 0 saturated heterocycles. The van der Waals surface area contributed by atoms with Crippen LogP contribution in [0.3, 0.4) is 0 Å². The zero-order chi connectivity index (χ0) is 17.9. The number of nitrogens with zero attached hydrogens (tertiary/aromatic N) is 1. The third kappa shape index (κ3) is 3.63. The molecular weight excluding hydrogens is 312 g/mol. The van der Waals surface area contributed by atoms with Gasteiger partial charge in [-0.25, -0.2) is 0 Å². The Kier molecular flexibility index (Phi) is 4.70. The molecule has 0 spiro atoms. The average molecular weight is 334 g/mol. The van der Waals surface area contributed by atoms with Crippen molar-refractivity contribution in [1.82, 2.24) is 10.5 Å². The first-order valence-corrected chi connectivity index (χ1v) is 8.34. The van der Waals surface area contributed by atoms with Crippen LogP contribution >= 0.6 is 0 Å². The fourth-order valence-electron chi connectivity index (χ4n) is 2.80. The van der Waals surface area contributed by atoms with Crippen molar-refractivity contribution in [2.24, 2.45) is 0 Å². The summed E-state index contributed by atoms with van der Waals surface area (Å²) in [6.07, 6.45) is 0. The number of hydrogen-bond acceptors (Lipinski definition) is 3. The van der Waals surface area contributed by atoms with Crippen LogP contribution in [0.5, 0.6) is 0 Å². The van der Waals surface area contributed by atoms with E-state index in [-0.39, 0.29) is 11.3 Å². The van der Waals surface area contributed by atoms with Gasteiger partial charge in [-0.15, -0.1) is 0 Å². The third-order valence-corrected chi connectivity index (χ3v) is 4.37. The van der Waals surface area contributed by atoms with Gasteiger partial charge in [0.2, 0.25) is 0 Å². The quantitative estimate of drug-likeness (QED) is 0.754. The van der Waals surface area contributed by atoms with E-state index in [4.69, 9.17) is 4.52 Å². The van der Waals surface area contributed by atoms with E-state index in [0.29, 0.717) is 23.6 Å². The van der Waals surface area contributed by atoms with Crippen molar-refractivity contribution < 1.29 is 9.32 Å². The number of rotatable bonds is 5. The number of carbonyl (C=O) groups is 1. The summed E-state index contributed by atoms with van der Waals surface area (Å²) in [6, 6.07) is 19.7. The second-order valence-electron chi connectivity index (χ2n) is 6.77. The average Bonchev–Trinajstić information content (AvgIpc) is 3.03. The Morgan fingerprint density at radius 1 is 1.04 bits per heavy atom. The molecule has 1 N–H and O–H groups in total. The highest BCUT2D eigenvalue weighted by atomic mass is 16.5. The van der Waals surface area contributed by atoms with E-state index in [1.807, 2.05) is 48.5 Å². The molecule has 25 heavy (non-hydrogen) atoms. The van der Waals surface area contributed by atoms with Gasteiger partial charge in [-0.2, -0.15) is 0 Å². The number of benzene rings is 2. The zero-order valence-corrected chi connectivity index (χ0v) is 14.7. The van der Waals surface area contributed by atoms with E-state index in [0.717, 1.165) is 5.56 Å². The fourth-order valence-corrected chi connectivity index (χ4v) is 2.80. The van der Waals surface area contributed by atoms with Crippen LogP contribution < -0.4 is 5.32 Å². The first kappa shape index (κ1) is 17.0. The van der Waals surface area contributed by atoms with Crippen LogP contribution in [-0.2, 0) is 5.41 Å². The molecule has 0 unspecified atom stereocenters. The van der Waals surface area contributed by atoms with Gasteiger partial charge in [-0.05, 0) is 12.5 Å². The molecule has 0 aliphatic heterocycles. The lowest BCUT2D eigenvalue weighted by molar-refractivity contribution is 0.0945. The summed E-state index contributed by atoms with van der Waals surface area (Å²) < 4.78 is 5.41. The lowest BCUT2D eigenvalue weighted by Crippen LogP contribution is -2.37. The largest absolute Gasteiger partial charge is 0.355 e. The van der Waals surface area contributed by atoms with Crippen molar-refractivity contribution >= 4 is 5.91 Å². The normalized spacial score (nSPS) is 11.3. The van der Waals surface area contributed by atoms with Crippen molar-refractivity contribution in [3.05, 3.63) is 77.5 Å². The molecule has 4 nitrogen and oxygen atoms in total. The van der Waals surface area contributed by atoms with Crippen LogP contribution in [0, 0.1) is 6.92 Å². The highest BCUT2D eigenvalue weighted by Crippen LogP contribution is 2.27. The van der Waals surface area contributed by atoms with Crippen molar-refractivity contribution in [2.75, 3.05) is 6.54 Å². The monoisotopic (exact) mass is 334 g/mol. The summed E-state index contributed by atoms with van der Waals surface area (Å²) in [5.41, 5.74) is 2.94. The minimum atomic E-state index is -0.172. The SMILES string of the molecule is Cc1noc(-c2ccccc2)c1C(=O)NCC(C)(C)c1ccccc1. The molecule has 4 heteroatoms. The summed E-state index contributed by atoms with van der Waals surface area (Å²) in [4.78, 5) is 12.8. The maximum Gasteiger partial charge on any atom is 0.257 e. The predicted molar refractivity (Wildman–Crippen MR) is 98.5 cm³/mol. The molecule has 0 atom stereocenters. The Labute approximate surface area is 147 Å². The van der Waals surface area contributed by atoms with Crippen LogP contribution in [0.4, 0.5) is 0 Å². The molecular formula is C21H22N2O2. The van der Waals surface area contributed by atoms with Gasteiger partial charge < -0.3 is 9.84 Å². The smallest absolute Gasteiger partial charge is 0.257 e. The van der Waals surface area contributed by atoms with E-state index < -0.39 is 0 Å². The Balaban J connectivity index is 1.80. The molecule has 1 aromatic heterocycles. The Bertz CT molecular complexity index is 852. The van der Waals surface area contributed by atoms with Gasteiger partial charge in [0.15, 0.2) is 5.76 Å². The maximum absolute atomic E-state index is 12.8. The van der Waals surface area contributed by atoms with Crippen molar-refractivity contribution in [3.63, 3.8) is 0 Å². The molecule has 0 aliphatic rings. The molecule has 1 amide bonds. The van der Waals surface area contributed by atoms with Crippen molar-refractivity contribution in [2.45, 2.75) is 26.2 Å². The van der Waals surface area contributed by atoms with Gasteiger partial charge in [0.1, 0.15) is 5.56 Å². The van der Waals surface area contributed by atoms with Crippen LogP contribution in [0.2, 0.25) is 0 Å². The first-order chi connectivity index (χ1) is 12.0. The second-order valence-corrected chi connectivity index (χ2v) is 6.77. The van der Waals surface area contributed by atoms with E-state index in [2.05, 4.69) is 36.5 Å². The molecule has 3 aromatic rings. The van der Waals surface area contributed by atoms with Gasteiger partial charge in [0.25, 0.3) is 5.91 Å². The molecule has 0 radical (unpaired) electrons. The minimum Gasteiger partial charge on any atom is -0.355 e. The summed E-state index contributed by atoms with van der Waals surface area (Å²) in [5, 5.41) is 7.02. The zero-order valence-electron chi connectivity index (χ0n) is 14.7. The second kappa shape index (κ2) is 6.93. The Morgan fingerprint density at radius 3 is 2.28 bits per heavy atom. The molecule has 1 heterocycles. The molecule has 128 valence electrons. The van der Waals surface area contributed by atoms with Crippen LogP contribution in [0.1, 0.15) is 35.5 Å². The topological polar surface area (TPSA) is 55.1 Å². The van der Waals surface area contributed by atoms with Crippen molar-refractivity contribution in [1.29, 1.82) is 0 Å². The van der Waals surface area contributed by atoms with Crippen LogP contribution in [0.25, 0.3) is 11.3 Å². The van der Waals surface area contributed by atoms with Gasteiger partial charge in [0, 0.05) is 17.5 Å². The van der Waals surface area contributed by atoms with Crippen LogP contribution in [0.15, 0.2) is 65.2 Å². The Hall–Kier alpha value is -2.88. The van der Waals surface area contributed by atoms with E-state index >= 15 is 0 Å². The van der Waals surface area contributed by atoms with Crippen LogP contribution in [-0.4, -0.2) is 17.6 Å². The lowest BCUT2D eigenvalue weighted by atomic mass is 9.84. The number of hydrogen-bond donors (Lipinski definition) is 1. The summed E-state index contributed by atoms with van der Waals surface area (Å²) in [5.74, 6) is 0.342. The van der Waals surface area contributed by atoms with Gasteiger partial charge >= 0.3 is 0 Å². The highest BCUT2D eigenvalue weighted by molar-refractivity contribution is 6.00. The van der Waals surface area contributed by atoms with E-state index in [9.17, 15) is 4.79 Å². The van der Waals surface area contributed by atoms with Crippen molar-refractivity contribution in [3.8, 4) is 11.3 Å². The molecule has 3 rings (SSSR count). The first-order valence-electron chi connectivity index (χ1n) is 8.34. The third-order valence-electron chi connectivity index (χ3n) is 4.37. The van der Waals surface area contributed by atoms with Gasteiger partial charge in [-0.3, -0.25) is 4.79 Å². The molecule has 0 fully saturated rings. The summed E-state index contributed by atoms with van der Waals surface area (Å²) >= 11 is 0. The number of nitrogens with one attached hydrogen (secondary N) is 1. The molecule has 2 aromatic carbocycles. The predicted octanol–water partition coefficient (Wildman–Crippen LogP) is 4.36. The number of aryl methyl sites for hydroxylation is 1. The number of carbonyl (C=O) groups excluding carboxylic acids is 1. The molecule has 0 bridgehead atoms. The fraction of sp³-hybridized carbons (Fsp3) is 0.238. The maximum atomic E-state index is 12.8. The standard InChI is InChI=1S/C21H22N2O2/c1-15-18(19(25-23-15)16-10-6-4-7-11-16)20(24)22-14-21(2,3)17-12-8-5-9-13-17/h4-13H,14H2,1-3H3,(H,22,24). The number of amides is 1. The van der Waals surface area contributed by atoms with Gasteiger partial charge in [-0.1, -0.05) is 79.7 Å². The van der Waals surface area contributed by atoms with Gasteiger partial charge in [0.05, 0.1) is 5.69 Å². The number of aromatic nitrogens is 1. The highest BCUT2D eigenvalue weighted by Gasteiger charge is 2.25.